The summed E-state index contributed by atoms with van der Waals surface area (Å²) in [5, 5.41) is 4.16. The summed E-state index contributed by atoms with van der Waals surface area (Å²) in [6.07, 6.45) is 3.52. The predicted octanol–water partition coefficient (Wildman–Crippen LogP) is 10.9. The van der Waals surface area contributed by atoms with Crippen molar-refractivity contribution >= 4 is 44.6 Å². The summed E-state index contributed by atoms with van der Waals surface area (Å²) in [4.78, 5) is 1.40. The fourth-order valence-electron chi connectivity index (χ4n) is 7.72. The van der Waals surface area contributed by atoms with Crippen LogP contribution in [0.15, 0.2) is 132 Å². The molecular formula is C42H31NS. The standard InChI is InChI=1S/C42H31NS/c1-26-11-3-6-14-32(26)35-24-30(20-19-27(35)2)36-25-37-33-15-8-10-18-39(33)44-42(37)41-40(36)34-16-7-9-17-38(34)43(41)31-22-21-28-12-4-5-13-29(28)23-31/h3-18,21-23,25,30,37,42H,24H2,1-2H3. The van der Waals surface area contributed by atoms with Crippen LogP contribution in [0.5, 0.6) is 0 Å². The zero-order chi connectivity index (χ0) is 29.4. The van der Waals surface area contributed by atoms with Crippen molar-refractivity contribution in [3.63, 3.8) is 0 Å². The lowest BCUT2D eigenvalue weighted by atomic mass is 9.75. The average Bonchev–Trinajstić information content (AvgIpc) is 3.61. The van der Waals surface area contributed by atoms with Crippen molar-refractivity contribution in [2.24, 2.45) is 5.92 Å². The summed E-state index contributed by atoms with van der Waals surface area (Å²) in [5.41, 5.74) is 13.4. The van der Waals surface area contributed by atoms with Crippen LogP contribution in [0.25, 0.3) is 38.5 Å². The summed E-state index contributed by atoms with van der Waals surface area (Å²) >= 11 is 2.03. The summed E-state index contributed by atoms with van der Waals surface area (Å²) < 4.78 is 2.57. The molecule has 0 radical (unpaired) electrons. The molecule has 3 unspecified atom stereocenters. The number of benzene rings is 5. The maximum atomic E-state index is 3.75. The molecule has 3 atom stereocenters. The molecule has 6 aromatic rings. The van der Waals surface area contributed by atoms with Gasteiger partial charge < -0.3 is 4.57 Å². The first-order chi connectivity index (χ1) is 21.7. The van der Waals surface area contributed by atoms with Gasteiger partial charge in [-0.3, -0.25) is 0 Å². The van der Waals surface area contributed by atoms with Gasteiger partial charge in [0.2, 0.25) is 0 Å². The Morgan fingerprint density at radius 3 is 2.45 bits per heavy atom. The molecule has 1 aliphatic heterocycles. The molecule has 1 nitrogen and oxygen atoms in total. The second kappa shape index (κ2) is 9.91. The molecule has 2 heteroatoms. The van der Waals surface area contributed by atoms with E-state index in [1.807, 2.05) is 11.8 Å². The number of fused-ring (bicyclic) bond motifs is 8. The topological polar surface area (TPSA) is 4.93 Å². The van der Waals surface area contributed by atoms with Crippen LogP contribution in [0.4, 0.5) is 0 Å². The monoisotopic (exact) mass is 581 g/mol. The lowest BCUT2D eigenvalue weighted by Gasteiger charge is -2.31. The van der Waals surface area contributed by atoms with Crippen LogP contribution in [-0.4, -0.2) is 4.57 Å². The Labute approximate surface area is 262 Å². The number of aromatic nitrogens is 1. The molecule has 2 heterocycles. The van der Waals surface area contributed by atoms with E-state index in [0.717, 1.165) is 6.42 Å². The summed E-state index contributed by atoms with van der Waals surface area (Å²) in [6, 6.07) is 42.4. The van der Waals surface area contributed by atoms with E-state index >= 15 is 0 Å². The SMILES string of the molecule is CC1=C(c2ccccc2C)CC(C2=CC3c4ccccc4SC3c3c2c2ccccc2n3-c2ccc3ccccc3c2)C#C1. The third-order valence-electron chi connectivity index (χ3n) is 9.82. The summed E-state index contributed by atoms with van der Waals surface area (Å²) in [6.45, 7) is 4.41. The van der Waals surface area contributed by atoms with Gasteiger partial charge in [-0.25, -0.2) is 0 Å². The smallest absolute Gasteiger partial charge is 0.0611 e. The third kappa shape index (κ3) is 3.83. The lowest BCUT2D eigenvalue weighted by Crippen LogP contribution is -2.17. The van der Waals surface area contributed by atoms with Gasteiger partial charge in [0.1, 0.15) is 0 Å². The van der Waals surface area contributed by atoms with E-state index in [4.69, 9.17) is 0 Å². The maximum Gasteiger partial charge on any atom is 0.0611 e. The molecule has 0 spiro atoms. The van der Waals surface area contributed by atoms with Gasteiger partial charge in [-0.2, -0.15) is 0 Å². The van der Waals surface area contributed by atoms with Gasteiger partial charge in [-0.1, -0.05) is 109 Å². The summed E-state index contributed by atoms with van der Waals surface area (Å²) in [7, 11) is 0. The average molecular weight is 582 g/mol. The van der Waals surface area contributed by atoms with Crippen LogP contribution in [0.2, 0.25) is 0 Å². The van der Waals surface area contributed by atoms with Crippen LogP contribution in [0.3, 0.4) is 0 Å². The van der Waals surface area contributed by atoms with Crippen LogP contribution in [0, 0.1) is 24.7 Å². The fraction of sp³-hybridized carbons (Fsp3) is 0.143. The number of allylic oxidation sites excluding steroid dienone is 4. The first-order valence-electron chi connectivity index (χ1n) is 15.5. The normalized spacial score (nSPS) is 20.1. The number of hydrogen-bond donors (Lipinski definition) is 0. The molecule has 3 aliphatic rings. The highest BCUT2D eigenvalue weighted by Gasteiger charge is 2.43. The van der Waals surface area contributed by atoms with E-state index in [2.05, 4.69) is 152 Å². The number of aryl methyl sites for hydroxylation is 1. The minimum absolute atomic E-state index is 0.127. The molecule has 1 aromatic heterocycles. The molecule has 0 amide bonds. The van der Waals surface area contributed by atoms with Crippen LogP contribution >= 0.6 is 11.8 Å². The highest BCUT2D eigenvalue weighted by Crippen LogP contribution is 2.61. The number of thioether (sulfide) groups is 1. The van der Waals surface area contributed by atoms with E-state index in [9.17, 15) is 0 Å². The van der Waals surface area contributed by atoms with E-state index in [0.29, 0.717) is 11.2 Å². The molecule has 5 aromatic carbocycles. The number of para-hydroxylation sites is 1. The van der Waals surface area contributed by atoms with Crippen molar-refractivity contribution in [1.29, 1.82) is 0 Å². The predicted molar refractivity (Wildman–Crippen MR) is 186 cm³/mol. The van der Waals surface area contributed by atoms with Crippen molar-refractivity contribution in [3.05, 3.63) is 155 Å². The fourth-order valence-corrected chi connectivity index (χ4v) is 9.20. The zero-order valence-corrected chi connectivity index (χ0v) is 25.7. The van der Waals surface area contributed by atoms with Crippen molar-refractivity contribution in [2.45, 2.75) is 36.3 Å². The van der Waals surface area contributed by atoms with Crippen molar-refractivity contribution < 1.29 is 0 Å². The second-order valence-electron chi connectivity index (χ2n) is 12.3. The Kier molecular flexibility index (Phi) is 5.80. The van der Waals surface area contributed by atoms with Gasteiger partial charge in [0, 0.05) is 38.7 Å². The zero-order valence-electron chi connectivity index (χ0n) is 24.8. The highest BCUT2D eigenvalue weighted by molar-refractivity contribution is 8.00. The van der Waals surface area contributed by atoms with Gasteiger partial charge in [-0.15, -0.1) is 11.8 Å². The largest absolute Gasteiger partial charge is 0.312 e. The van der Waals surface area contributed by atoms with Gasteiger partial charge in [0.25, 0.3) is 0 Å². The van der Waals surface area contributed by atoms with E-state index in [-0.39, 0.29) is 5.92 Å². The van der Waals surface area contributed by atoms with E-state index < -0.39 is 0 Å². The summed E-state index contributed by atoms with van der Waals surface area (Å²) in [5.74, 6) is 7.78. The highest BCUT2D eigenvalue weighted by atomic mass is 32.2. The minimum Gasteiger partial charge on any atom is -0.312 e. The van der Waals surface area contributed by atoms with Crippen LogP contribution in [-0.2, 0) is 0 Å². The van der Waals surface area contributed by atoms with E-state index in [1.54, 1.807) is 0 Å². The molecular weight excluding hydrogens is 551 g/mol. The maximum absolute atomic E-state index is 3.75. The Balaban J connectivity index is 1.29. The molecule has 210 valence electrons. The Bertz CT molecular complexity index is 2280. The van der Waals surface area contributed by atoms with Crippen molar-refractivity contribution in [3.8, 4) is 17.5 Å². The third-order valence-corrected chi connectivity index (χ3v) is 11.2. The van der Waals surface area contributed by atoms with Gasteiger partial charge >= 0.3 is 0 Å². The van der Waals surface area contributed by atoms with Crippen molar-refractivity contribution in [1.82, 2.24) is 4.57 Å². The molecule has 0 saturated carbocycles. The van der Waals surface area contributed by atoms with Crippen LogP contribution < -0.4 is 0 Å². The number of hydrogen-bond acceptors (Lipinski definition) is 1. The molecule has 0 N–H and O–H groups in total. The first kappa shape index (κ1) is 25.8. The number of nitrogens with zero attached hydrogens (tertiary/aromatic N) is 1. The van der Waals surface area contributed by atoms with Gasteiger partial charge in [-0.05, 0) is 83.1 Å². The van der Waals surface area contributed by atoms with Crippen LogP contribution in [0.1, 0.15) is 52.5 Å². The molecule has 0 bridgehead atoms. The molecule has 44 heavy (non-hydrogen) atoms. The minimum atomic E-state index is 0.127. The quantitative estimate of drug-likeness (QED) is 0.188. The first-order valence-corrected chi connectivity index (χ1v) is 16.4. The Morgan fingerprint density at radius 2 is 1.55 bits per heavy atom. The molecule has 0 saturated heterocycles. The lowest BCUT2D eigenvalue weighted by molar-refractivity contribution is 0.752. The molecule has 9 rings (SSSR count). The molecule has 2 aliphatic carbocycles. The Morgan fingerprint density at radius 1 is 0.773 bits per heavy atom. The van der Waals surface area contributed by atoms with E-state index in [1.165, 1.54) is 76.9 Å². The Hall–Kier alpha value is -4.71. The van der Waals surface area contributed by atoms with Gasteiger partial charge in [0.05, 0.1) is 16.7 Å². The second-order valence-corrected chi connectivity index (χ2v) is 13.5. The van der Waals surface area contributed by atoms with Gasteiger partial charge in [0.15, 0.2) is 0 Å². The number of rotatable bonds is 3. The van der Waals surface area contributed by atoms with Crippen molar-refractivity contribution in [2.75, 3.05) is 0 Å². The molecule has 0 fully saturated rings.